The molecule has 23 heavy (non-hydrogen) atoms. The van der Waals surface area contributed by atoms with E-state index in [4.69, 9.17) is 9.47 Å². The zero-order chi connectivity index (χ0) is 16.1. The Labute approximate surface area is 137 Å². The molecule has 0 bridgehead atoms. The number of rotatable bonds is 7. The van der Waals surface area contributed by atoms with Gasteiger partial charge >= 0.3 is 0 Å². The Morgan fingerprint density at radius 3 is 2.48 bits per heavy atom. The summed E-state index contributed by atoms with van der Waals surface area (Å²) in [5.74, 6) is 3.10. The third-order valence-electron chi connectivity index (χ3n) is 4.68. The molecule has 5 heteroatoms. The number of ether oxygens (including phenoxy) is 2. The lowest BCUT2D eigenvalue weighted by Gasteiger charge is -2.17. The Kier molecular flexibility index (Phi) is 5.39. The van der Waals surface area contributed by atoms with E-state index in [0.717, 1.165) is 44.1 Å². The van der Waals surface area contributed by atoms with Crippen molar-refractivity contribution in [3.05, 3.63) is 24.3 Å². The van der Waals surface area contributed by atoms with E-state index < -0.39 is 0 Å². The molecule has 0 spiro atoms. The first-order chi connectivity index (χ1) is 11.3. The van der Waals surface area contributed by atoms with E-state index in [1.54, 1.807) is 0 Å². The second-order valence-corrected chi connectivity index (χ2v) is 6.31. The zero-order valence-electron chi connectivity index (χ0n) is 13.8. The van der Waals surface area contributed by atoms with Gasteiger partial charge in [0.05, 0.1) is 13.2 Å². The summed E-state index contributed by atoms with van der Waals surface area (Å²) >= 11 is 0. The monoisotopic (exact) mass is 318 g/mol. The summed E-state index contributed by atoms with van der Waals surface area (Å²) in [6.45, 7) is 7.08. The lowest BCUT2D eigenvalue weighted by Crippen LogP contribution is -2.31. The first kappa shape index (κ1) is 16.1. The first-order valence-electron chi connectivity index (χ1n) is 8.61. The molecule has 1 N–H and O–H groups in total. The van der Waals surface area contributed by atoms with E-state index in [1.807, 2.05) is 36.1 Å². The van der Waals surface area contributed by atoms with Crippen LogP contribution in [-0.2, 0) is 4.79 Å². The Balaban J connectivity index is 1.39. The lowest BCUT2D eigenvalue weighted by molar-refractivity contribution is -0.130. The average Bonchev–Trinajstić information content (AvgIpc) is 3.14. The van der Waals surface area contributed by atoms with Crippen LogP contribution in [-0.4, -0.2) is 50.2 Å². The highest BCUT2D eigenvalue weighted by atomic mass is 16.5. The summed E-state index contributed by atoms with van der Waals surface area (Å²) in [6, 6.07) is 7.67. The molecular formula is C18H26N2O3. The van der Waals surface area contributed by atoms with Gasteiger partial charge in [-0.25, -0.2) is 0 Å². The Morgan fingerprint density at radius 1 is 1.17 bits per heavy atom. The van der Waals surface area contributed by atoms with Gasteiger partial charge in [0.1, 0.15) is 0 Å². The van der Waals surface area contributed by atoms with E-state index >= 15 is 0 Å². The minimum Gasteiger partial charge on any atom is -0.490 e. The fraction of sp³-hybridized carbons (Fsp3) is 0.611. The van der Waals surface area contributed by atoms with Crippen molar-refractivity contribution in [1.82, 2.24) is 10.2 Å². The van der Waals surface area contributed by atoms with Crippen molar-refractivity contribution < 1.29 is 14.3 Å². The molecule has 5 nitrogen and oxygen atoms in total. The largest absolute Gasteiger partial charge is 0.490 e. The molecule has 3 rings (SSSR count). The van der Waals surface area contributed by atoms with Crippen LogP contribution in [0.5, 0.6) is 11.5 Å². The van der Waals surface area contributed by atoms with Crippen LogP contribution in [0.15, 0.2) is 24.3 Å². The maximum absolute atomic E-state index is 12.3. The van der Waals surface area contributed by atoms with Gasteiger partial charge in [-0.2, -0.15) is 0 Å². The van der Waals surface area contributed by atoms with Crippen molar-refractivity contribution in [2.75, 3.05) is 39.4 Å². The van der Waals surface area contributed by atoms with Crippen molar-refractivity contribution in [2.24, 2.45) is 11.8 Å². The van der Waals surface area contributed by atoms with Gasteiger partial charge in [-0.05, 0) is 37.3 Å². The van der Waals surface area contributed by atoms with Crippen LogP contribution in [0.25, 0.3) is 0 Å². The fourth-order valence-electron chi connectivity index (χ4n) is 3.47. The highest BCUT2D eigenvalue weighted by Gasteiger charge is 2.37. The lowest BCUT2D eigenvalue weighted by atomic mass is 10.0. The van der Waals surface area contributed by atoms with Gasteiger partial charge < -0.3 is 19.7 Å². The molecule has 1 aromatic rings. The van der Waals surface area contributed by atoms with E-state index in [1.165, 1.54) is 0 Å². The number of nitrogens with one attached hydrogen (secondary N) is 1. The Bertz CT molecular complexity index is 523. The van der Waals surface area contributed by atoms with Crippen LogP contribution in [0.4, 0.5) is 0 Å². The number of amides is 1. The maximum atomic E-state index is 12.3. The van der Waals surface area contributed by atoms with E-state index in [9.17, 15) is 4.79 Å². The molecule has 0 aromatic heterocycles. The minimum atomic E-state index is 0.265. The van der Waals surface area contributed by atoms with Gasteiger partial charge in [-0.15, -0.1) is 0 Å². The SMILES string of the molecule is CCOc1ccccc1OCCCC(=O)N1C[C@H]2CNC[C@H]2C1. The van der Waals surface area contributed by atoms with E-state index in [0.29, 0.717) is 31.5 Å². The predicted octanol–water partition coefficient (Wildman–Crippen LogP) is 1.92. The number of hydrogen-bond donors (Lipinski definition) is 1. The number of benzene rings is 1. The summed E-state index contributed by atoms with van der Waals surface area (Å²) < 4.78 is 11.3. The number of fused-ring (bicyclic) bond motifs is 1. The van der Waals surface area contributed by atoms with Crippen molar-refractivity contribution in [3.63, 3.8) is 0 Å². The first-order valence-corrected chi connectivity index (χ1v) is 8.61. The third-order valence-corrected chi connectivity index (χ3v) is 4.68. The fourth-order valence-corrected chi connectivity index (χ4v) is 3.47. The molecule has 2 fully saturated rings. The Hall–Kier alpha value is -1.75. The van der Waals surface area contributed by atoms with E-state index in [2.05, 4.69) is 5.32 Å². The molecule has 2 heterocycles. The van der Waals surface area contributed by atoms with Crippen LogP contribution in [0, 0.1) is 11.8 Å². The van der Waals surface area contributed by atoms with Crippen molar-refractivity contribution in [2.45, 2.75) is 19.8 Å². The standard InChI is InChI=1S/C18H26N2O3/c1-2-22-16-6-3-4-7-17(16)23-9-5-8-18(21)20-12-14-10-19-11-15(14)13-20/h3-4,6-7,14-15,19H,2,5,8-13H2,1H3/t14-,15+. The molecule has 1 amide bonds. The van der Waals surface area contributed by atoms with Crippen LogP contribution < -0.4 is 14.8 Å². The summed E-state index contributed by atoms with van der Waals surface area (Å²) in [5.41, 5.74) is 0. The van der Waals surface area contributed by atoms with Crippen molar-refractivity contribution in [1.29, 1.82) is 0 Å². The number of likely N-dealkylation sites (tertiary alicyclic amines) is 1. The summed E-state index contributed by atoms with van der Waals surface area (Å²) in [6.07, 6.45) is 1.30. The molecule has 2 atom stereocenters. The second-order valence-electron chi connectivity index (χ2n) is 6.31. The average molecular weight is 318 g/mol. The van der Waals surface area contributed by atoms with Gasteiger partial charge in [0, 0.05) is 32.6 Å². The minimum absolute atomic E-state index is 0.265. The zero-order valence-corrected chi connectivity index (χ0v) is 13.8. The molecule has 2 aliphatic heterocycles. The predicted molar refractivity (Wildman–Crippen MR) is 88.8 cm³/mol. The molecule has 0 radical (unpaired) electrons. The third kappa shape index (κ3) is 3.96. The molecule has 1 aromatic carbocycles. The molecule has 0 unspecified atom stereocenters. The molecule has 2 aliphatic rings. The molecule has 0 saturated carbocycles. The normalized spacial score (nSPS) is 22.9. The molecule has 2 saturated heterocycles. The van der Waals surface area contributed by atoms with Gasteiger partial charge in [-0.3, -0.25) is 4.79 Å². The van der Waals surface area contributed by atoms with Crippen LogP contribution in [0.2, 0.25) is 0 Å². The number of hydrogen-bond acceptors (Lipinski definition) is 4. The summed E-state index contributed by atoms with van der Waals surface area (Å²) in [7, 11) is 0. The molecular weight excluding hydrogens is 292 g/mol. The van der Waals surface area contributed by atoms with Crippen molar-refractivity contribution in [3.8, 4) is 11.5 Å². The highest BCUT2D eigenvalue weighted by molar-refractivity contribution is 5.76. The van der Waals surface area contributed by atoms with E-state index in [-0.39, 0.29) is 5.91 Å². The van der Waals surface area contributed by atoms with Gasteiger partial charge in [0.2, 0.25) is 5.91 Å². The van der Waals surface area contributed by atoms with Crippen LogP contribution >= 0.6 is 0 Å². The molecule has 0 aliphatic carbocycles. The van der Waals surface area contributed by atoms with Crippen LogP contribution in [0.1, 0.15) is 19.8 Å². The number of nitrogens with zero attached hydrogens (tertiary/aromatic N) is 1. The Morgan fingerprint density at radius 2 is 1.83 bits per heavy atom. The highest BCUT2D eigenvalue weighted by Crippen LogP contribution is 2.28. The molecule has 126 valence electrons. The second kappa shape index (κ2) is 7.68. The summed E-state index contributed by atoms with van der Waals surface area (Å²) in [4.78, 5) is 14.3. The topological polar surface area (TPSA) is 50.8 Å². The number of para-hydroxylation sites is 2. The number of carbonyl (C=O) groups is 1. The summed E-state index contributed by atoms with van der Waals surface area (Å²) in [5, 5.41) is 3.40. The van der Waals surface area contributed by atoms with Gasteiger partial charge in [0.25, 0.3) is 0 Å². The number of carbonyl (C=O) groups excluding carboxylic acids is 1. The van der Waals surface area contributed by atoms with Gasteiger partial charge in [-0.1, -0.05) is 12.1 Å². The van der Waals surface area contributed by atoms with Crippen molar-refractivity contribution >= 4 is 5.91 Å². The maximum Gasteiger partial charge on any atom is 0.222 e. The van der Waals surface area contributed by atoms with Gasteiger partial charge in [0.15, 0.2) is 11.5 Å². The van der Waals surface area contributed by atoms with Crippen LogP contribution in [0.3, 0.4) is 0 Å². The smallest absolute Gasteiger partial charge is 0.222 e. The quantitative estimate of drug-likeness (QED) is 0.781.